The van der Waals surface area contributed by atoms with Gasteiger partial charge >= 0.3 is 6.18 Å². The second-order valence-corrected chi connectivity index (χ2v) is 5.59. The molecular formula is C12H17F3N2S. The van der Waals surface area contributed by atoms with E-state index in [1.165, 1.54) is 6.20 Å². The average Bonchev–Trinajstić information content (AvgIpc) is 2.34. The molecule has 2 atom stereocenters. The number of nitrogens with two attached hydrogens (primary N) is 1. The highest BCUT2D eigenvalue weighted by Gasteiger charge is 2.34. The van der Waals surface area contributed by atoms with Crippen LogP contribution in [0.2, 0.25) is 0 Å². The molecule has 1 rings (SSSR count). The number of pyridine rings is 1. The van der Waals surface area contributed by atoms with Crippen molar-refractivity contribution in [3.8, 4) is 0 Å². The lowest BCUT2D eigenvalue weighted by atomic mass is 10.0. The van der Waals surface area contributed by atoms with E-state index in [9.17, 15) is 13.2 Å². The van der Waals surface area contributed by atoms with Crippen LogP contribution in [-0.4, -0.2) is 16.0 Å². The van der Waals surface area contributed by atoms with Crippen molar-refractivity contribution in [2.24, 2.45) is 5.73 Å². The summed E-state index contributed by atoms with van der Waals surface area (Å²) in [5.41, 5.74) is 5.22. The third kappa shape index (κ3) is 4.17. The second kappa shape index (κ2) is 6.43. The minimum Gasteiger partial charge on any atom is -0.323 e. The molecule has 0 radical (unpaired) electrons. The van der Waals surface area contributed by atoms with Crippen molar-refractivity contribution in [1.29, 1.82) is 0 Å². The first-order valence-corrected chi connectivity index (χ1v) is 6.79. The number of nitrogens with zero attached hydrogens (tertiary/aromatic N) is 1. The Hall–Kier alpha value is -0.750. The van der Waals surface area contributed by atoms with Crippen molar-refractivity contribution in [3.05, 3.63) is 29.6 Å². The summed E-state index contributed by atoms with van der Waals surface area (Å²) in [4.78, 5) is 3.74. The summed E-state index contributed by atoms with van der Waals surface area (Å²) in [6.07, 6.45) is -1.06. The van der Waals surface area contributed by atoms with Crippen LogP contribution in [-0.2, 0) is 6.18 Å². The summed E-state index contributed by atoms with van der Waals surface area (Å²) in [5, 5.41) is 0.391. The Kier molecular flexibility index (Phi) is 5.47. The topological polar surface area (TPSA) is 38.9 Å². The monoisotopic (exact) mass is 278 g/mol. The molecule has 0 bridgehead atoms. The van der Waals surface area contributed by atoms with Crippen LogP contribution in [0.1, 0.15) is 37.4 Å². The number of hydrogen-bond acceptors (Lipinski definition) is 3. The predicted octanol–water partition coefficient (Wildman–Crippen LogP) is 3.63. The molecule has 1 aromatic rings. The van der Waals surface area contributed by atoms with Crippen molar-refractivity contribution >= 4 is 11.8 Å². The maximum Gasteiger partial charge on any atom is 0.416 e. The average molecular weight is 278 g/mol. The molecule has 0 amide bonds. The maximum absolute atomic E-state index is 12.8. The van der Waals surface area contributed by atoms with Crippen LogP contribution < -0.4 is 5.73 Å². The fourth-order valence-corrected chi connectivity index (χ4v) is 2.39. The van der Waals surface area contributed by atoms with Crippen LogP contribution in [0.3, 0.4) is 0 Å². The van der Waals surface area contributed by atoms with E-state index in [4.69, 9.17) is 5.73 Å². The minimum absolute atomic E-state index is 0.0702. The Morgan fingerprint density at radius 2 is 2.11 bits per heavy atom. The van der Waals surface area contributed by atoms with Crippen molar-refractivity contribution in [2.75, 3.05) is 5.75 Å². The number of alkyl halides is 3. The number of thioether (sulfide) groups is 1. The SMILES string of the molecule is CCC(C)SCC(N)c1cnccc1C(F)(F)F. The molecule has 0 aromatic carbocycles. The van der Waals surface area contributed by atoms with Crippen molar-refractivity contribution in [1.82, 2.24) is 4.98 Å². The standard InChI is InChI=1S/C12H17F3N2S/c1-3-8(2)18-7-11(16)9-6-17-5-4-10(9)12(13,14)15/h4-6,8,11H,3,7,16H2,1-2H3. The highest BCUT2D eigenvalue weighted by atomic mass is 32.2. The molecule has 0 fully saturated rings. The van der Waals surface area contributed by atoms with Gasteiger partial charge in [0.1, 0.15) is 0 Å². The number of halogens is 3. The number of rotatable bonds is 5. The van der Waals surface area contributed by atoms with Crippen LogP contribution in [0.25, 0.3) is 0 Å². The molecule has 0 aliphatic rings. The van der Waals surface area contributed by atoms with E-state index >= 15 is 0 Å². The van der Waals surface area contributed by atoms with E-state index in [2.05, 4.69) is 4.98 Å². The normalized spacial score (nSPS) is 15.4. The van der Waals surface area contributed by atoms with Gasteiger partial charge in [-0.25, -0.2) is 0 Å². The Morgan fingerprint density at radius 3 is 2.67 bits per heavy atom. The first-order valence-electron chi connectivity index (χ1n) is 5.74. The maximum atomic E-state index is 12.8. The van der Waals surface area contributed by atoms with Gasteiger partial charge in [-0.3, -0.25) is 4.98 Å². The first kappa shape index (κ1) is 15.3. The highest BCUT2D eigenvalue weighted by molar-refractivity contribution is 7.99. The number of hydrogen-bond donors (Lipinski definition) is 1. The molecule has 102 valence electrons. The van der Waals surface area contributed by atoms with Gasteiger partial charge in [-0.05, 0) is 12.5 Å². The lowest BCUT2D eigenvalue weighted by molar-refractivity contribution is -0.138. The van der Waals surface area contributed by atoms with Crippen LogP contribution in [0, 0.1) is 0 Å². The van der Waals surface area contributed by atoms with Gasteiger partial charge in [0.25, 0.3) is 0 Å². The summed E-state index contributed by atoms with van der Waals surface area (Å²) < 4.78 is 38.4. The van der Waals surface area contributed by atoms with E-state index in [1.807, 2.05) is 13.8 Å². The molecule has 0 spiro atoms. The Balaban J connectivity index is 2.82. The molecule has 0 saturated heterocycles. The van der Waals surface area contributed by atoms with Crippen molar-refractivity contribution in [2.45, 2.75) is 37.7 Å². The zero-order valence-corrected chi connectivity index (χ0v) is 11.2. The molecule has 1 aromatic heterocycles. The predicted molar refractivity (Wildman–Crippen MR) is 68.4 cm³/mol. The van der Waals surface area contributed by atoms with Gasteiger partial charge in [0.15, 0.2) is 0 Å². The molecule has 2 nitrogen and oxygen atoms in total. The fraction of sp³-hybridized carbons (Fsp3) is 0.583. The van der Waals surface area contributed by atoms with E-state index in [0.29, 0.717) is 11.0 Å². The third-order valence-corrected chi connectivity index (χ3v) is 4.15. The Morgan fingerprint density at radius 1 is 1.44 bits per heavy atom. The van der Waals surface area contributed by atoms with Gasteiger partial charge in [0.05, 0.1) is 5.56 Å². The van der Waals surface area contributed by atoms with E-state index in [1.54, 1.807) is 11.8 Å². The molecule has 18 heavy (non-hydrogen) atoms. The quantitative estimate of drug-likeness (QED) is 0.894. The molecule has 0 aliphatic carbocycles. The van der Waals surface area contributed by atoms with Crippen LogP contribution in [0.4, 0.5) is 13.2 Å². The van der Waals surface area contributed by atoms with Crippen LogP contribution >= 0.6 is 11.8 Å². The molecule has 6 heteroatoms. The lowest BCUT2D eigenvalue weighted by Gasteiger charge is -2.18. The largest absolute Gasteiger partial charge is 0.416 e. The Labute approximate surface area is 109 Å². The van der Waals surface area contributed by atoms with Crippen molar-refractivity contribution in [3.63, 3.8) is 0 Å². The van der Waals surface area contributed by atoms with Gasteiger partial charge in [0, 0.05) is 35.0 Å². The van der Waals surface area contributed by atoms with Crippen molar-refractivity contribution < 1.29 is 13.2 Å². The van der Waals surface area contributed by atoms with Crippen LogP contribution in [0.5, 0.6) is 0 Å². The Bertz CT molecular complexity index is 382. The van der Waals surface area contributed by atoms with E-state index < -0.39 is 17.8 Å². The van der Waals surface area contributed by atoms with Crippen LogP contribution in [0.15, 0.2) is 18.5 Å². The summed E-state index contributed by atoms with van der Waals surface area (Å²) in [6, 6.07) is 0.331. The van der Waals surface area contributed by atoms with E-state index in [0.717, 1.165) is 18.7 Å². The summed E-state index contributed by atoms with van der Waals surface area (Å²) in [6.45, 7) is 4.07. The summed E-state index contributed by atoms with van der Waals surface area (Å²) in [7, 11) is 0. The summed E-state index contributed by atoms with van der Waals surface area (Å²) >= 11 is 1.58. The molecule has 0 aliphatic heterocycles. The first-order chi connectivity index (χ1) is 8.36. The van der Waals surface area contributed by atoms with Gasteiger partial charge < -0.3 is 5.73 Å². The number of aromatic nitrogens is 1. The van der Waals surface area contributed by atoms with E-state index in [-0.39, 0.29) is 5.56 Å². The third-order valence-electron chi connectivity index (χ3n) is 2.69. The molecular weight excluding hydrogens is 261 g/mol. The smallest absolute Gasteiger partial charge is 0.323 e. The van der Waals surface area contributed by atoms with Gasteiger partial charge in [-0.15, -0.1) is 0 Å². The molecule has 0 saturated carbocycles. The lowest BCUT2D eigenvalue weighted by Crippen LogP contribution is -2.20. The second-order valence-electron chi connectivity index (χ2n) is 4.12. The minimum atomic E-state index is -4.38. The molecule has 1 heterocycles. The summed E-state index contributed by atoms with van der Waals surface area (Å²) in [5.74, 6) is 0.462. The molecule has 2 unspecified atom stereocenters. The van der Waals surface area contributed by atoms with Gasteiger partial charge in [0.2, 0.25) is 0 Å². The highest BCUT2D eigenvalue weighted by Crippen LogP contribution is 2.34. The van der Waals surface area contributed by atoms with Gasteiger partial charge in [-0.1, -0.05) is 13.8 Å². The fourth-order valence-electron chi connectivity index (χ4n) is 1.44. The molecule has 2 N–H and O–H groups in total. The zero-order valence-electron chi connectivity index (χ0n) is 10.4. The van der Waals surface area contributed by atoms with Gasteiger partial charge in [-0.2, -0.15) is 24.9 Å². The zero-order chi connectivity index (χ0) is 13.8.